The number of alkyl halides is 2. The molecule has 0 saturated heterocycles. The molecule has 1 N–H and O–H groups in total. The highest BCUT2D eigenvalue weighted by atomic mass is 35.5. The van der Waals surface area contributed by atoms with Gasteiger partial charge in [0.05, 0.1) is 66.1 Å². The van der Waals surface area contributed by atoms with Crippen LogP contribution in [0.15, 0.2) is 146 Å². The number of hydrogen-bond donors (Lipinski definition) is 1. The summed E-state index contributed by atoms with van der Waals surface area (Å²) in [6.45, 7) is 48.2. The molecule has 598 valence electrons. The predicted octanol–water partition coefficient (Wildman–Crippen LogP) is 26.8. The van der Waals surface area contributed by atoms with E-state index in [0.717, 1.165) is 55.6 Å². The van der Waals surface area contributed by atoms with Gasteiger partial charge in [0.2, 0.25) is 0 Å². The minimum Gasteiger partial charge on any atom is -0.497 e. The summed E-state index contributed by atoms with van der Waals surface area (Å²) >= 11 is 12.0. The lowest BCUT2D eigenvalue weighted by molar-refractivity contribution is 0.0155. The minimum absolute atomic E-state index is 0.115. The van der Waals surface area contributed by atoms with Gasteiger partial charge in [-0.15, -0.1) is 23.2 Å². The Morgan fingerprint density at radius 3 is 0.752 bits per heavy atom. The van der Waals surface area contributed by atoms with Crippen molar-refractivity contribution in [1.82, 2.24) is 0 Å². The molecule has 8 rings (SSSR count). The number of benzene rings is 8. The maximum atomic E-state index is 14.9. The number of halogens is 6. The van der Waals surface area contributed by atoms with Gasteiger partial charge in [-0.25, -0.2) is 17.6 Å². The first-order valence-corrected chi connectivity index (χ1v) is 43.9. The Kier molecular flexibility index (Phi) is 33.1. The quantitative estimate of drug-likeness (QED) is 0.0378. The van der Waals surface area contributed by atoms with Crippen molar-refractivity contribution in [2.24, 2.45) is 21.7 Å². The molecule has 0 aliphatic heterocycles. The van der Waals surface area contributed by atoms with Gasteiger partial charge in [0.25, 0.3) is 0 Å². The summed E-state index contributed by atoms with van der Waals surface area (Å²) in [5, 5.41) is 11.4. The lowest BCUT2D eigenvalue weighted by atomic mass is 9.81. The summed E-state index contributed by atoms with van der Waals surface area (Å²) in [6, 6.07) is 42.6. The van der Waals surface area contributed by atoms with E-state index < -0.39 is 28.2 Å². The topological polar surface area (TPSA) is 103 Å². The van der Waals surface area contributed by atoms with E-state index in [4.69, 9.17) is 65.2 Å². The second kappa shape index (κ2) is 38.8. The van der Waals surface area contributed by atoms with Gasteiger partial charge < -0.3 is 47.1 Å². The average molecular weight is 1580 g/mol. The van der Waals surface area contributed by atoms with Crippen molar-refractivity contribution < 1.29 is 64.7 Å². The van der Waals surface area contributed by atoms with Crippen LogP contribution in [0, 0.1) is 44.9 Å². The van der Waals surface area contributed by atoms with Crippen molar-refractivity contribution in [3.63, 3.8) is 0 Å². The summed E-state index contributed by atoms with van der Waals surface area (Å²) in [5.41, 5.74) is 11.6. The zero-order valence-electron chi connectivity index (χ0n) is 70.4. The Morgan fingerprint density at radius 1 is 0.312 bits per heavy atom. The molecule has 8 aromatic rings. The molecule has 0 spiro atoms. The Balaban J connectivity index is 0.000000262. The standard InChI is InChI=1S/C26H39FO3Si.C25H37FO3Si.2C20H24ClFO2/c1-25(2,3)24(29-8)22-15-18(17-30-31(9,10)26(4,5)6)11-13-20(22)21-16-19(28-7)12-14-23(21)27;1-24(2,3)23(27)21-14-17(16-29-30(8,9)25(4,5)6)10-12-19(21)20-15-18(28-7)11-13-22(20)26;2*1-20(2,3)19(24-5)17-10-13(12-21)6-8-15(17)16-11-14(23-4)7-9-18(16)22/h11-16,24H,17H2,1-10H3;10-15,23,27H,16H2,1-9H3;2*6-11,19H,12H2,1-5H3/t24-;23-;2*19-/m1010/s1. The fourth-order valence-corrected chi connectivity index (χ4v) is 14.5. The summed E-state index contributed by atoms with van der Waals surface area (Å²) in [7, 11) is 7.56. The summed E-state index contributed by atoms with van der Waals surface area (Å²) < 4.78 is 110. The smallest absolute Gasteiger partial charge is 0.192 e. The molecule has 0 amide bonds. The van der Waals surface area contributed by atoms with Gasteiger partial charge in [-0.1, -0.05) is 197 Å². The van der Waals surface area contributed by atoms with E-state index in [1.165, 1.54) is 24.3 Å². The lowest BCUT2D eigenvalue weighted by Crippen LogP contribution is -2.40. The lowest BCUT2D eigenvalue weighted by Gasteiger charge is -2.36. The largest absolute Gasteiger partial charge is 0.497 e. The van der Waals surface area contributed by atoms with Crippen molar-refractivity contribution in [2.45, 2.75) is 210 Å². The van der Waals surface area contributed by atoms with Crippen LogP contribution in [0.3, 0.4) is 0 Å². The van der Waals surface area contributed by atoms with E-state index in [0.29, 0.717) is 81.4 Å². The van der Waals surface area contributed by atoms with Gasteiger partial charge in [0.1, 0.15) is 46.3 Å². The van der Waals surface area contributed by atoms with E-state index >= 15 is 0 Å². The zero-order valence-corrected chi connectivity index (χ0v) is 73.9. The van der Waals surface area contributed by atoms with Gasteiger partial charge in [-0.3, -0.25) is 0 Å². The van der Waals surface area contributed by atoms with Crippen molar-refractivity contribution >= 4 is 39.8 Å². The highest BCUT2D eigenvalue weighted by molar-refractivity contribution is 6.74. The Hall–Kier alpha value is -6.55. The molecule has 0 saturated carbocycles. The van der Waals surface area contributed by atoms with E-state index in [1.807, 2.05) is 87.5 Å². The normalized spacial score (nSPS) is 13.5. The molecule has 109 heavy (non-hydrogen) atoms. The number of aliphatic hydroxyl groups is 1. The molecule has 0 heterocycles. The Bertz CT molecular complexity index is 4150. The second-order valence-corrected chi connectivity index (χ2v) is 45.3. The molecular weight excluding hydrogens is 1460 g/mol. The van der Waals surface area contributed by atoms with Crippen LogP contribution in [0.1, 0.15) is 194 Å². The summed E-state index contributed by atoms with van der Waals surface area (Å²) in [6.07, 6.45) is -1.35. The molecule has 0 aliphatic rings. The molecule has 0 radical (unpaired) electrons. The predicted molar refractivity (Wildman–Crippen MR) is 449 cm³/mol. The first kappa shape index (κ1) is 93.1. The molecule has 0 bridgehead atoms. The molecule has 0 aromatic heterocycles. The Labute approximate surface area is 663 Å². The summed E-state index contributed by atoms with van der Waals surface area (Å²) in [4.78, 5) is 0. The van der Waals surface area contributed by atoms with Crippen molar-refractivity contribution in [1.29, 1.82) is 0 Å². The third-order valence-electron chi connectivity index (χ3n) is 20.5. The molecule has 4 atom stereocenters. The SMILES string of the molecule is COc1ccc(F)c(-c2ccc(CCl)cc2[C@@H](OC)C(C)(C)C)c1.COc1ccc(F)c(-c2ccc(CCl)cc2[C@H](OC)C(C)(C)C)c1.COc1ccc(F)c(-c2ccc(CO[Si](C)(C)C(C)(C)C)cc2[C@@H](OC)C(C)(C)C)c1.COc1ccc(F)c(-c2ccc(CO[Si](C)(C)C(C)(C)C)cc2[C@H](O)C(C)(C)C)c1. The minimum atomic E-state index is -1.91. The van der Waals surface area contributed by atoms with Crippen LogP contribution in [0.25, 0.3) is 44.5 Å². The Morgan fingerprint density at radius 2 is 0.541 bits per heavy atom. The van der Waals surface area contributed by atoms with E-state index in [9.17, 15) is 22.7 Å². The zero-order chi connectivity index (χ0) is 82.3. The molecule has 0 fully saturated rings. The van der Waals surface area contributed by atoms with Crippen molar-refractivity contribution in [3.05, 3.63) is 213 Å². The molecule has 0 unspecified atom stereocenters. The number of ether oxygens (including phenoxy) is 7. The van der Waals surface area contributed by atoms with Crippen molar-refractivity contribution in [2.75, 3.05) is 49.8 Å². The molecule has 0 aliphatic carbocycles. The first-order chi connectivity index (χ1) is 50.5. The third kappa shape index (κ3) is 24.7. The average Bonchev–Trinajstić information content (AvgIpc) is 0.795. The van der Waals surface area contributed by atoms with E-state index in [2.05, 4.69) is 136 Å². The number of rotatable bonds is 23. The maximum Gasteiger partial charge on any atom is 0.192 e. The fraction of sp³-hybridized carbons (Fsp3) is 0.473. The van der Waals surface area contributed by atoms with Crippen LogP contribution in [-0.2, 0) is 48.0 Å². The monoisotopic (exact) mass is 1580 g/mol. The van der Waals surface area contributed by atoms with Gasteiger partial charge in [0, 0.05) is 55.3 Å². The van der Waals surface area contributed by atoms with Gasteiger partial charge in [-0.2, -0.15) is 0 Å². The second-order valence-electron chi connectivity index (χ2n) is 35.1. The highest BCUT2D eigenvalue weighted by Crippen LogP contribution is 2.48. The van der Waals surface area contributed by atoms with Gasteiger partial charge in [0.15, 0.2) is 16.6 Å². The highest BCUT2D eigenvalue weighted by Gasteiger charge is 2.40. The number of hydrogen-bond acceptors (Lipinski definition) is 10. The first-order valence-electron chi connectivity index (χ1n) is 37.0. The van der Waals surface area contributed by atoms with Gasteiger partial charge in [-0.05, 0) is 197 Å². The van der Waals surface area contributed by atoms with E-state index in [-0.39, 0.29) is 67.9 Å². The fourth-order valence-electron chi connectivity index (χ4n) is 12.3. The van der Waals surface area contributed by atoms with Crippen LogP contribution >= 0.6 is 23.2 Å². The molecular formula is C91H124Cl2F4O10Si2. The van der Waals surface area contributed by atoms with Crippen LogP contribution in [0.5, 0.6) is 23.0 Å². The maximum absolute atomic E-state index is 14.9. The van der Waals surface area contributed by atoms with Crippen LogP contribution in [0.2, 0.25) is 36.3 Å². The van der Waals surface area contributed by atoms with Crippen LogP contribution in [-0.4, -0.2) is 71.5 Å². The van der Waals surface area contributed by atoms with Crippen molar-refractivity contribution in [3.8, 4) is 67.5 Å². The van der Waals surface area contributed by atoms with Gasteiger partial charge >= 0.3 is 0 Å². The van der Waals surface area contributed by atoms with Crippen LogP contribution in [0.4, 0.5) is 17.6 Å². The van der Waals surface area contributed by atoms with Crippen LogP contribution < -0.4 is 18.9 Å². The summed E-state index contributed by atoms with van der Waals surface area (Å²) in [5.74, 6) is 2.01. The van der Waals surface area contributed by atoms with E-state index in [1.54, 1.807) is 98.3 Å². The molecule has 18 heteroatoms. The number of methoxy groups -OCH3 is 7. The number of aliphatic hydroxyl groups excluding tert-OH is 1. The molecule has 8 aromatic carbocycles. The third-order valence-corrected chi connectivity index (χ3v) is 30.0. The molecule has 10 nitrogen and oxygen atoms in total.